The zero-order valence-corrected chi connectivity index (χ0v) is 46.7. The summed E-state index contributed by atoms with van der Waals surface area (Å²) in [6.07, 6.45) is 25.7. The van der Waals surface area contributed by atoms with E-state index in [4.69, 9.17) is 28.4 Å². The average Bonchev–Trinajstić information content (AvgIpc) is 4.22. The van der Waals surface area contributed by atoms with E-state index in [0.29, 0.717) is 38.5 Å². The molecule has 12 nitrogen and oxygen atoms in total. The van der Waals surface area contributed by atoms with Crippen molar-refractivity contribution in [1.82, 2.24) is 9.80 Å². The molecule has 4 heterocycles. The van der Waals surface area contributed by atoms with Crippen molar-refractivity contribution in [3.8, 4) is 0 Å². The van der Waals surface area contributed by atoms with Gasteiger partial charge in [0.05, 0.1) is 44.6 Å². The fraction of sp³-hybridized carbons (Fsp3) is 0.931. The lowest BCUT2D eigenvalue weighted by Crippen LogP contribution is -2.65. The Labute approximate surface area is 426 Å². The first kappa shape index (κ1) is 60.3. The molecule has 0 amide bonds. The van der Waals surface area contributed by atoms with Crippen molar-refractivity contribution in [3.63, 3.8) is 0 Å². The predicted octanol–water partition coefficient (Wildman–Crippen LogP) is 12.6. The maximum absolute atomic E-state index is 15.5. The molecule has 4 aliphatic rings. The van der Waals surface area contributed by atoms with Crippen molar-refractivity contribution < 1.29 is 47.6 Å². The number of rotatable bonds is 36. The number of epoxide rings is 2. The van der Waals surface area contributed by atoms with Crippen LogP contribution in [0, 0.1) is 11.3 Å². The van der Waals surface area contributed by atoms with Crippen LogP contribution in [-0.4, -0.2) is 120 Å². The molecule has 12 heteroatoms. The van der Waals surface area contributed by atoms with Gasteiger partial charge in [0.15, 0.2) is 0 Å². The van der Waals surface area contributed by atoms with Gasteiger partial charge in [0.25, 0.3) is 5.41 Å². The van der Waals surface area contributed by atoms with Crippen LogP contribution < -0.4 is 0 Å². The third-order valence-corrected chi connectivity index (χ3v) is 16.1. The van der Waals surface area contributed by atoms with Crippen LogP contribution in [0.5, 0.6) is 0 Å². The molecule has 0 aromatic carbocycles. The molecule has 406 valence electrons. The minimum absolute atomic E-state index is 0.00571. The topological polar surface area (TPSA) is 137 Å². The highest BCUT2D eigenvalue weighted by atomic mass is 16.6. The van der Waals surface area contributed by atoms with Crippen molar-refractivity contribution in [2.45, 2.75) is 296 Å². The Balaban J connectivity index is 1.58. The van der Waals surface area contributed by atoms with E-state index in [1.165, 1.54) is 89.9 Å². The van der Waals surface area contributed by atoms with Gasteiger partial charge in [-0.1, -0.05) is 149 Å². The van der Waals surface area contributed by atoms with Gasteiger partial charge in [-0.3, -0.25) is 29.0 Å². The Hall–Kier alpha value is -2.28. The molecule has 0 aromatic rings. The average molecular weight is 989 g/mol. The van der Waals surface area contributed by atoms with Gasteiger partial charge in [0.2, 0.25) is 0 Å². The van der Waals surface area contributed by atoms with Crippen molar-refractivity contribution >= 4 is 23.9 Å². The molecule has 0 spiro atoms. The van der Waals surface area contributed by atoms with E-state index < -0.39 is 69.6 Å². The molecule has 0 bridgehead atoms. The molecule has 0 radical (unpaired) electrons. The minimum atomic E-state index is -2.73. The molecule has 0 aromatic heterocycles. The maximum atomic E-state index is 15.5. The summed E-state index contributed by atoms with van der Waals surface area (Å²) in [4.78, 5) is 65.6. The number of unbranched alkanes of at least 4 members (excludes halogenated alkanes) is 20. The van der Waals surface area contributed by atoms with Gasteiger partial charge < -0.3 is 28.4 Å². The van der Waals surface area contributed by atoms with Gasteiger partial charge in [-0.2, -0.15) is 0 Å². The predicted molar refractivity (Wildman–Crippen MR) is 278 cm³/mol. The van der Waals surface area contributed by atoms with Gasteiger partial charge in [0.1, 0.15) is 12.2 Å². The second-order valence-corrected chi connectivity index (χ2v) is 24.4. The first-order valence-corrected chi connectivity index (χ1v) is 28.8. The Kier molecular flexibility index (Phi) is 25.0. The molecule has 0 N–H and O–H groups in total. The number of likely N-dealkylation sites (tertiary alicyclic amines) is 2. The summed E-state index contributed by atoms with van der Waals surface area (Å²) in [7, 11) is 0. The summed E-state index contributed by atoms with van der Waals surface area (Å²) in [5, 5.41) is 0. The standard InChI is InChI=1S/C58H104N2O10/c1-12-15-17-19-21-23-25-27-29-31-33-35-65-50(61)49(14-3)58(51(62)66-36-34-32-30-28-26-24-22-20-18-16-13-2,52(63)69-45-37-54(4,5)59(41-47-43-67-47)55(6,7)38-45)53(64)70-46-39-56(8,9)60(42-48-44-68-48)57(10,11)40-46/h45-49H,12-44H2,1-11H3. The van der Waals surface area contributed by atoms with Gasteiger partial charge in [-0.25, -0.2) is 0 Å². The molecule has 3 unspecified atom stereocenters. The molecule has 0 aliphatic carbocycles. The zero-order chi connectivity index (χ0) is 51.4. The zero-order valence-electron chi connectivity index (χ0n) is 46.7. The molecule has 4 aliphatic heterocycles. The monoisotopic (exact) mass is 989 g/mol. The Morgan fingerprint density at radius 3 is 1.07 bits per heavy atom. The molecule has 4 fully saturated rings. The molecule has 4 saturated heterocycles. The molecular formula is C58H104N2O10. The fourth-order valence-corrected chi connectivity index (χ4v) is 12.3. The van der Waals surface area contributed by atoms with Crippen LogP contribution in [0.1, 0.15) is 250 Å². The highest BCUT2D eigenvalue weighted by molar-refractivity contribution is 6.20. The van der Waals surface area contributed by atoms with Gasteiger partial charge in [0, 0.05) is 60.9 Å². The molecule has 70 heavy (non-hydrogen) atoms. The second kappa shape index (κ2) is 29.0. The van der Waals surface area contributed by atoms with Crippen LogP contribution in [0.3, 0.4) is 0 Å². The number of carbonyl (C=O) groups is 4. The molecular weight excluding hydrogens is 885 g/mol. The molecule has 3 atom stereocenters. The van der Waals surface area contributed by atoms with E-state index in [-0.39, 0.29) is 31.8 Å². The third kappa shape index (κ3) is 18.6. The van der Waals surface area contributed by atoms with E-state index in [9.17, 15) is 4.79 Å². The minimum Gasteiger partial charge on any atom is -0.465 e. The summed E-state index contributed by atoms with van der Waals surface area (Å²) >= 11 is 0. The quantitative estimate of drug-likeness (QED) is 0.0194. The number of carbonyl (C=O) groups excluding carboxylic acids is 4. The van der Waals surface area contributed by atoms with E-state index in [1.54, 1.807) is 6.92 Å². The van der Waals surface area contributed by atoms with Crippen molar-refractivity contribution in [1.29, 1.82) is 0 Å². The van der Waals surface area contributed by atoms with Gasteiger partial charge in [-0.15, -0.1) is 0 Å². The third-order valence-electron chi connectivity index (χ3n) is 16.1. The summed E-state index contributed by atoms with van der Waals surface area (Å²) < 4.78 is 36.3. The highest BCUT2D eigenvalue weighted by Crippen LogP contribution is 2.46. The number of piperidine rings is 2. The summed E-state index contributed by atoms with van der Waals surface area (Å²) in [5.74, 6) is -5.56. The Morgan fingerprint density at radius 2 is 0.771 bits per heavy atom. The fourth-order valence-electron chi connectivity index (χ4n) is 12.3. The van der Waals surface area contributed by atoms with Crippen molar-refractivity contribution in [3.05, 3.63) is 0 Å². The van der Waals surface area contributed by atoms with Crippen LogP contribution in [0.15, 0.2) is 0 Å². The lowest BCUT2D eigenvalue weighted by molar-refractivity contribution is -0.204. The Morgan fingerprint density at radius 1 is 0.471 bits per heavy atom. The highest BCUT2D eigenvalue weighted by Gasteiger charge is 2.66. The van der Waals surface area contributed by atoms with E-state index in [0.717, 1.165) is 64.8 Å². The smallest absolute Gasteiger partial charge is 0.336 e. The molecule has 0 saturated carbocycles. The largest absolute Gasteiger partial charge is 0.465 e. The van der Waals surface area contributed by atoms with Crippen LogP contribution in [-0.2, 0) is 47.6 Å². The number of hydrogen-bond donors (Lipinski definition) is 0. The van der Waals surface area contributed by atoms with Crippen LogP contribution in [0.2, 0.25) is 0 Å². The Bertz CT molecular complexity index is 1470. The van der Waals surface area contributed by atoms with Crippen molar-refractivity contribution in [2.75, 3.05) is 39.5 Å². The lowest BCUT2D eigenvalue weighted by Gasteiger charge is -2.55. The SMILES string of the molecule is CCCCCCCCCCCCCOC(=O)C(CC)C(C(=O)OCCCCCCCCCCCCC)(C(=O)OC1CC(C)(C)N(CC2CO2)C(C)(C)C1)C(=O)OC1CC(C)(C)N(CC2CO2)C(C)(C)C1. The first-order valence-electron chi connectivity index (χ1n) is 28.8. The van der Waals surface area contributed by atoms with Gasteiger partial charge in [-0.05, 0) is 74.7 Å². The second-order valence-electron chi connectivity index (χ2n) is 24.4. The van der Waals surface area contributed by atoms with Crippen LogP contribution in [0.25, 0.3) is 0 Å². The van der Waals surface area contributed by atoms with Gasteiger partial charge >= 0.3 is 23.9 Å². The van der Waals surface area contributed by atoms with E-state index in [1.807, 2.05) is 0 Å². The van der Waals surface area contributed by atoms with E-state index >= 15 is 14.4 Å². The number of esters is 4. The van der Waals surface area contributed by atoms with Crippen LogP contribution >= 0.6 is 0 Å². The summed E-state index contributed by atoms with van der Waals surface area (Å²) in [5.41, 5.74) is -4.38. The molecule has 4 rings (SSSR count). The summed E-state index contributed by atoms with van der Waals surface area (Å²) in [6.45, 7) is 26.3. The first-order chi connectivity index (χ1) is 33.2. The van der Waals surface area contributed by atoms with Crippen molar-refractivity contribution in [2.24, 2.45) is 11.3 Å². The summed E-state index contributed by atoms with van der Waals surface area (Å²) in [6, 6.07) is 0. The number of hydrogen-bond acceptors (Lipinski definition) is 12. The lowest BCUT2D eigenvalue weighted by atomic mass is 9.72. The normalized spacial score (nSPS) is 23.2. The van der Waals surface area contributed by atoms with Crippen LogP contribution in [0.4, 0.5) is 0 Å². The number of ether oxygens (including phenoxy) is 6. The maximum Gasteiger partial charge on any atom is 0.336 e. The number of nitrogens with zero attached hydrogens (tertiary/aromatic N) is 2. The van der Waals surface area contributed by atoms with E-state index in [2.05, 4.69) is 79.0 Å².